The first kappa shape index (κ1) is 17.4. The fourth-order valence-electron chi connectivity index (χ4n) is 0.981. The van der Waals surface area contributed by atoms with Gasteiger partial charge in [-0.25, -0.2) is 4.79 Å². The minimum absolute atomic E-state index is 0.306. The highest BCUT2D eigenvalue weighted by atomic mass is 32.1. The van der Waals surface area contributed by atoms with E-state index in [2.05, 4.69) is 21.5 Å². The molecular formula is C11H22N4O3S. The van der Waals surface area contributed by atoms with E-state index in [1.54, 1.807) is 20.8 Å². The van der Waals surface area contributed by atoms with E-state index in [1.165, 1.54) is 6.92 Å². The van der Waals surface area contributed by atoms with Gasteiger partial charge in [0.25, 0.3) is 5.91 Å². The number of hydrazine groups is 1. The smallest absolute Gasteiger partial charge is 0.408 e. The Labute approximate surface area is 118 Å². The summed E-state index contributed by atoms with van der Waals surface area (Å²) in [7, 11) is 0. The number of amides is 2. The number of carbonyl (C=O) groups is 2. The fraction of sp³-hybridized carbons (Fsp3) is 0.727. The van der Waals surface area contributed by atoms with Gasteiger partial charge in [0.2, 0.25) is 0 Å². The van der Waals surface area contributed by atoms with Crippen LogP contribution in [0.4, 0.5) is 4.79 Å². The first-order valence-corrected chi connectivity index (χ1v) is 6.39. The predicted octanol–water partition coefficient (Wildman–Crippen LogP) is 0.415. The van der Waals surface area contributed by atoms with Gasteiger partial charge in [0.1, 0.15) is 11.6 Å². The van der Waals surface area contributed by atoms with Crippen molar-refractivity contribution in [1.82, 2.24) is 21.5 Å². The van der Waals surface area contributed by atoms with Crippen molar-refractivity contribution in [2.45, 2.75) is 46.3 Å². The number of hydrogen-bond donors (Lipinski definition) is 4. The van der Waals surface area contributed by atoms with Gasteiger partial charge in [-0.15, -0.1) is 0 Å². The standard InChI is InChI=1S/C11H22N4O3S/c1-6-12-9(19)15-14-8(16)7(2)13-10(17)18-11(3,4)5/h7H,6H2,1-5H3,(H,13,17)(H,14,16)(H2,12,15,19)/t7-/m1/s1. The quantitative estimate of drug-likeness (QED) is 0.445. The Morgan fingerprint density at radius 1 is 1.26 bits per heavy atom. The summed E-state index contributed by atoms with van der Waals surface area (Å²) in [4.78, 5) is 23.1. The molecule has 0 aliphatic carbocycles. The zero-order chi connectivity index (χ0) is 15.1. The van der Waals surface area contributed by atoms with Crippen molar-refractivity contribution in [2.24, 2.45) is 0 Å². The summed E-state index contributed by atoms with van der Waals surface area (Å²) in [5.41, 5.74) is 4.28. The highest BCUT2D eigenvalue weighted by Gasteiger charge is 2.20. The highest BCUT2D eigenvalue weighted by molar-refractivity contribution is 7.80. The summed E-state index contributed by atoms with van der Waals surface area (Å²) in [6.07, 6.45) is -0.649. The lowest BCUT2D eigenvalue weighted by Crippen LogP contribution is -2.53. The van der Waals surface area contributed by atoms with Crippen LogP contribution in [0.1, 0.15) is 34.6 Å². The number of alkyl carbamates (subject to hydrolysis) is 1. The number of rotatable bonds is 3. The average Bonchev–Trinajstić information content (AvgIpc) is 2.23. The number of ether oxygens (including phenoxy) is 1. The van der Waals surface area contributed by atoms with Gasteiger partial charge in [0.05, 0.1) is 0 Å². The van der Waals surface area contributed by atoms with E-state index in [0.717, 1.165) is 0 Å². The summed E-state index contributed by atoms with van der Waals surface area (Å²) < 4.78 is 5.03. The molecule has 2 amide bonds. The zero-order valence-corrected chi connectivity index (χ0v) is 12.7. The molecule has 0 aromatic heterocycles. The van der Waals surface area contributed by atoms with Crippen LogP contribution in [0.15, 0.2) is 0 Å². The zero-order valence-electron chi connectivity index (χ0n) is 11.9. The maximum absolute atomic E-state index is 11.6. The van der Waals surface area contributed by atoms with Gasteiger partial charge < -0.3 is 15.4 Å². The molecule has 0 aromatic rings. The monoisotopic (exact) mass is 290 g/mol. The maximum atomic E-state index is 11.6. The van der Waals surface area contributed by atoms with E-state index in [9.17, 15) is 9.59 Å². The Bertz CT molecular complexity index is 341. The largest absolute Gasteiger partial charge is 0.444 e. The number of nitrogens with one attached hydrogen (secondary N) is 4. The van der Waals surface area contributed by atoms with Crippen LogP contribution in [0.25, 0.3) is 0 Å². The molecule has 0 rings (SSSR count). The van der Waals surface area contributed by atoms with Crippen LogP contribution >= 0.6 is 12.2 Å². The van der Waals surface area contributed by atoms with E-state index in [0.29, 0.717) is 11.7 Å². The van der Waals surface area contributed by atoms with Gasteiger partial charge in [-0.3, -0.25) is 15.6 Å². The third-order valence-corrected chi connectivity index (χ3v) is 2.01. The molecular weight excluding hydrogens is 268 g/mol. The Balaban J connectivity index is 4.07. The Morgan fingerprint density at radius 2 is 1.84 bits per heavy atom. The molecule has 0 fully saturated rings. The molecule has 0 aliphatic rings. The normalized spacial score (nSPS) is 12.1. The van der Waals surface area contributed by atoms with E-state index in [-0.39, 0.29) is 0 Å². The lowest BCUT2D eigenvalue weighted by Gasteiger charge is -2.21. The van der Waals surface area contributed by atoms with Crippen LogP contribution in [0.5, 0.6) is 0 Å². The number of hydrogen-bond acceptors (Lipinski definition) is 4. The number of carbonyl (C=O) groups excluding carboxylic acids is 2. The van der Waals surface area contributed by atoms with Crippen LogP contribution in [0.3, 0.4) is 0 Å². The van der Waals surface area contributed by atoms with Crippen molar-refractivity contribution in [3.05, 3.63) is 0 Å². The van der Waals surface area contributed by atoms with Crippen molar-refractivity contribution in [3.63, 3.8) is 0 Å². The molecule has 0 radical (unpaired) electrons. The molecule has 0 saturated carbocycles. The van der Waals surface area contributed by atoms with Crippen molar-refractivity contribution in [1.29, 1.82) is 0 Å². The highest BCUT2D eigenvalue weighted by Crippen LogP contribution is 2.06. The first-order chi connectivity index (χ1) is 8.65. The molecule has 0 aromatic carbocycles. The molecule has 19 heavy (non-hydrogen) atoms. The molecule has 0 heterocycles. The molecule has 0 unspecified atom stereocenters. The topological polar surface area (TPSA) is 91.5 Å². The van der Waals surface area contributed by atoms with Gasteiger partial charge in [0, 0.05) is 6.54 Å². The summed E-state index contributed by atoms with van der Waals surface area (Å²) in [6.45, 7) is 9.29. The number of thiocarbonyl (C=S) groups is 1. The Hall–Kier alpha value is -1.57. The second-order valence-corrected chi connectivity index (χ2v) is 5.25. The van der Waals surface area contributed by atoms with Gasteiger partial charge >= 0.3 is 6.09 Å². The minimum Gasteiger partial charge on any atom is -0.444 e. The molecule has 8 heteroatoms. The van der Waals surface area contributed by atoms with Crippen molar-refractivity contribution >= 4 is 29.3 Å². The summed E-state index contributed by atoms with van der Waals surface area (Å²) in [6, 6.07) is -0.744. The third kappa shape index (κ3) is 9.06. The van der Waals surface area contributed by atoms with E-state index in [1.807, 2.05) is 6.92 Å². The molecule has 0 aliphatic heterocycles. The van der Waals surface area contributed by atoms with Crippen molar-refractivity contribution in [2.75, 3.05) is 6.54 Å². The van der Waals surface area contributed by atoms with Crippen molar-refractivity contribution in [3.8, 4) is 0 Å². The molecule has 110 valence electrons. The predicted molar refractivity (Wildman–Crippen MR) is 76.4 cm³/mol. The summed E-state index contributed by atoms with van der Waals surface area (Å²) >= 11 is 4.87. The summed E-state index contributed by atoms with van der Waals surface area (Å²) in [5.74, 6) is -0.425. The Morgan fingerprint density at radius 3 is 2.32 bits per heavy atom. The second kappa shape index (κ2) is 7.78. The second-order valence-electron chi connectivity index (χ2n) is 4.84. The first-order valence-electron chi connectivity index (χ1n) is 5.99. The molecule has 4 N–H and O–H groups in total. The molecule has 0 saturated heterocycles. The lowest BCUT2D eigenvalue weighted by atomic mass is 10.2. The van der Waals surface area contributed by atoms with Crippen LogP contribution < -0.4 is 21.5 Å². The van der Waals surface area contributed by atoms with Gasteiger partial charge in [0.15, 0.2) is 5.11 Å². The van der Waals surface area contributed by atoms with Crippen LogP contribution in [0, 0.1) is 0 Å². The van der Waals surface area contributed by atoms with Gasteiger partial charge in [-0.2, -0.15) is 0 Å². The SMILES string of the molecule is CCNC(=S)NNC(=O)[C@@H](C)NC(=O)OC(C)(C)C. The summed E-state index contributed by atoms with van der Waals surface area (Å²) in [5, 5.41) is 5.53. The lowest BCUT2D eigenvalue weighted by molar-refractivity contribution is -0.123. The van der Waals surface area contributed by atoms with Crippen LogP contribution in [-0.4, -0.2) is 35.3 Å². The van der Waals surface area contributed by atoms with Crippen LogP contribution in [0.2, 0.25) is 0 Å². The molecule has 7 nitrogen and oxygen atoms in total. The van der Waals surface area contributed by atoms with E-state index in [4.69, 9.17) is 17.0 Å². The Kier molecular flexibility index (Phi) is 7.13. The maximum Gasteiger partial charge on any atom is 0.408 e. The van der Waals surface area contributed by atoms with Crippen molar-refractivity contribution < 1.29 is 14.3 Å². The molecule has 1 atom stereocenters. The van der Waals surface area contributed by atoms with E-state index >= 15 is 0 Å². The average molecular weight is 290 g/mol. The third-order valence-electron chi connectivity index (χ3n) is 1.76. The fourth-order valence-corrected chi connectivity index (χ4v) is 1.18. The van der Waals surface area contributed by atoms with Gasteiger partial charge in [-0.1, -0.05) is 0 Å². The minimum atomic E-state index is -0.744. The van der Waals surface area contributed by atoms with Gasteiger partial charge in [-0.05, 0) is 46.8 Å². The molecule has 0 spiro atoms. The van der Waals surface area contributed by atoms with E-state index < -0.39 is 23.6 Å². The molecule has 0 bridgehead atoms. The van der Waals surface area contributed by atoms with Crippen LogP contribution in [-0.2, 0) is 9.53 Å².